The predicted molar refractivity (Wildman–Crippen MR) is 92.2 cm³/mol. The van der Waals surface area contributed by atoms with Crippen molar-refractivity contribution >= 4 is 41.5 Å². The Morgan fingerprint density at radius 2 is 1.95 bits per heavy atom. The van der Waals surface area contributed by atoms with Gasteiger partial charge in [-0.15, -0.1) is 12.4 Å². The molecule has 0 bridgehead atoms. The number of halogens is 3. The summed E-state index contributed by atoms with van der Waals surface area (Å²) in [5, 5.41) is 3.93. The topological polar surface area (TPSA) is 64.3 Å². The predicted octanol–water partition coefficient (Wildman–Crippen LogP) is 3.57. The third kappa shape index (κ3) is 5.51. The minimum Gasteiger partial charge on any atom is -0.479 e. The number of benzene rings is 1. The Morgan fingerprint density at radius 1 is 1.32 bits per heavy atom. The number of rotatable bonds is 4. The van der Waals surface area contributed by atoms with E-state index in [-0.39, 0.29) is 30.4 Å². The summed E-state index contributed by atoms with van der Waals surface area (Å²) in [4.78, 5) is 12.1. The monoisotopic (exact) mass is 366 g/mol. The highest BCUT2D eigenvalue weighted by Crippen LogP contribution is 2.28. The Bertz CT molecular complexity index is 506. The number of ether oxygens (including phenoxy) is 1. The molecule has 22 heavy (non-hydrogen) atoms. The number of hydrogen-bond donors (Lipinski definition) is 2. The lowest BCUT2D eigenvalue weighted by molar-refractivity contribution is -0.128. The van der Waals surface area contributed by atoms with E-state index in [9.17, 15) is 4.79 Å². The minimum atomic E-state index is -0.612. The molecule has 1 aromatic rings. The second-order valence-electron chi connectivity index (χ2n) is 5.46. The fraction of sp³-hybridized carbons (Fsp3) is 0.533. The molecule has 1 fully saturated rings. The number of hydrogen-bond acceptors (Lipinski definition) is 3. The number of nitrogens with one attached hydrogen (secondary N) is 1. The third-order valence-electron chi connectivity index (χ3n) is 3.69. The van der Waals surface area contributed by atoms with Crippen molar-refractivity contribution in [2.45, 2.75) is 50.8 Å². The molecule has 0 aliphatic heterocycles. The SMILES string of the molecule is CC(Oc1ccc(Cl)cc1Cl)C(=O)NC1CCC(N)CC1.Cl. The highest BCUT2D eigenvalue weighted by Gasteiger charge is 2.23. The molecule has 0 heterocycles. The summed E-state index contributed by atoms with van der Waals surface area (Å²) in [6.07, 6.45) is 3.12. The minimum absolute atomic E-state index is 0. The molecule has 3 N–H and O–H groups in total. The first kappa shape index (κ1) is 19.4. The van der Waals surface area contributed by atoms with Gasteiger partial charge < -0.3 is 15.8 Å². The van der Waals surface area contributed by atoms with Crippen LogP contribution >= 0.6 is 35.6 Å². The van der Waals surface area contributed by atoms with E-state index < -0.39 is 6.10 Å². The fourth-order valence-corrected chi connectivity index (χ4v) is 2.85. The lowest BCUT2D eigenvalue weighted by atomic mass is 9.92. The van der Waals surface area contributed by atoms with Crippen molar-refractivity contribution in [3.05, 3.63) is 28.2 Å². The number of carbonyl (C=O) groups excluding carboxylic acids is 1. The highest BCUT2D eigenvalue weighted by atomic mass is 35.5. The third-order valence-corrected chi connectivity index (χ3v) is 4.22. The summed E-state index contributed by atoms with van der Waals surface area (Å²) in [6.45, 7) is 1.70. The number of amides is 1. The quantitative estimate of drug-likeness (QED) is 0.855. The molecule has 2 rings (SSSR count). The van der Waals surface area contributed by atoms with E-state index in [1.807, 2.05) is 0 Å². The van der Waals surface area contributed by atoms with Gasteiger partial charge in [0.1, 0.15) is 5.75 Å². The molecule has 7 heteroatoms. The summed E-state index contributed by atoms with van der Waals surface area (Å²) in [5.74, 6) is 0.316. The maximum Gasteiger partial charge on any atom is 0.260 e. The van der Waals surface area contributed by atoms with Crippen LogP contribution in [0, 0.1) is 0 Å². The Hall–Kier alpha value is -0.680. The van der Waals surface area contributed by atoms with Gasteiger partial charge >= 0.3 is 0 Å². The molecular formula is C15H21Cl3N2O2. The molecule has 1 aliphatic carbocycles. The van der Waals surface area contributed by atoms with Gasteiger partial charge in [0.15, 0.2) is 6.10 Å². The van der Waals surface area contributed by atoms with Crippen LogP contribution in [0.3, 0.4) is 0 Å². The van der Waals surface area contributed by atoms with Gasteiger partial charge in [0.2, 0.25) is 0 Å². The average Bonchev–Trinajstić information content (AvgIpc) is 2.44. The Morgan fingerprint density at radius 3 is 2.55 bits per heavy atom. The maximum absolute atomic E-state index is 12.1. The molecule has 0 saturated heterocycles. The van der Waals surface area contributed by atoms with Gasteiger partial charge in [-0.25, -0.2) is 0 Å². The van der Waals surface area contributed by atoms with Gasteiger partial charge in [-0.1, -0.05) is 23.2 Å². The zero-order valence-electron chi connectivity index (χ0n) is 12.4. The van der Waals surface area contributed by atoms with Gasteiger partial charge in [-0.2, -0.15) is 0 Å². The number of carbonyl (C=O) groups is 1. The number of nitrogens with two attached hydrogens (primary N) is 1. The van der Waals surface area contributed by atoms with Crippen molar-refractivity contribution in [3.8, 4) is 5.75 Å². The van der Waals surface area contributed by atoms with Crippen LogP contribution in [0.4, 0.5) is 0 Å². The molecule has 0 aromatic heterocycles. The highest BCUT2D eigenvalue weighted by molar-refractivity contribution is 6.35. The summed E-state index contributed by atoms with van der Waals surface area (Å²) >= 11 is 11.9. The largest absolute Gasteiger partial charge is 0.479 e. The zero-order valence-corrected chi connectivity index (χ0v) is 14.7. The summed E-state index contributed by atoms with van der Waals surface area (Å²) < 4.78 is 5.60. The van der Waals surface area contributed by atoms with Crippen LogP contribution in [0.15, 0.2) is 18.2 Å². The average molecular weight is 368 g/mol. The molecule has 0 radical (unpaired) electrons. The summed E-state index contributed by atoms with van der Waals surface area (Å²) in [5.41, 5.74) is 5.86. The first-order valence-corrected chi connectivity index (χ1v) is 7.89. The summed E-state index contributed by atoms with van der Waals surface area (Å²) in [7, 11) is 0. The first-order valence-electron chi connectivity index (χ1n) is 7.13. The molecule has 1 saturated carbocycles. The van der Waals surface area contributed by atoms with Crippen LogP contribution < -0.4 is 15.8 Å². The van der Waals surface area contributed by atoms with Crippen molar-refractivity contribution in [1.29, 1.82) is 0 Å². The molecule has 1 atom stereocenters. The van der Waals surface area contributed by atoms with Crippen LogP contribution in [0.1, 0.15) is 32.6 Å². The standard InChI is InChI=1S/C15H20Cl2N2O2.ClH/c1-9(21-14-7-2-10(16)8-13(14)17)15(20)19-12-5-3-11(18)4-6-12;/h2,7-9,11-12H,3-6,18H2,1H3,(H,19,20);1H. The Labute approximate surface area is 147 Å². The van der Waals surface area contributed by atoms with Crippen molar-refractivity contribution < 1.29 is 9.53 Å². The zero-order chi connectivity index (χ0) is 15.4. The van der Waals surface area contributed by atoms with E-state index in [0.717, 1.165) is 25.7 Å². The Balaban J connectivity index is 0.00000242. The van der Waals surface area contributed by atoms with Crippen LogP contribution in [0.25, 0.3) is 0 Å². The van der Waals surface area contributed by atoms with Crippen molar-refractivity contribution in [2.24, 2.45) is 5.73 Å². The van der Waals surface area contributed by atoms with Gasteiger partial charge in [0.25, 0.3) is 5.91 Å². The van der Waals surface area contributed by atoms with E-state index in [1.165, 1.54) is 0 Å². The van der Waals surface area contributed by atoms with Crippen LogP contribution in [0.2, 0.25) is 10.0 Å². The second kappa shape index (κ2) is 8.82. The molecule has 1 aromatic carbocycles. The van der Waals surface area contributed by atoms with Gasteiger partial charge in [0.05, 0.1) is 5.02 Å². The lowest BCUT2D eigenvalue weighted by Crippen LogP contribution is -2.45. The normalized spacial score (nSPS) is 22.4. The molecule has 1 unspecified atom stereocenters. The van der Waals surface area contributed by atoms with E-state index >= 15 is 0 Å². The van der Waals surface area contributed by atoms with Gasteiger partial charge in [-0.3, -0.25) is 4.79 Å². The van der Waals surface area contributed by atoms with E-state index in [1.54, 1.807) is 25.1 Å². The van der Waals surface area contributed by atoms with Crippen LogP contribution in [0.5, 0.6) is 5.75 Å². The van der Waals surface area contributed by atoms with Crippen molar-refractivity contribution in [2.75, 3.05) is 0 Å². The smallest absolute Gasteiger partial charge is 0.260 e. The van der Waals surface area contributed by atoms with E-state index in [2.05, 4.69) is 5.32 Å². The van der Waals surface area contributed by atoms with Crippen molar-refractivity contribution in [1.82, 2.24) is 5.32 Å². The molecule has 4 nitrogen and oxygen atoms in total. The maximum atomic E-state index is 12.1. The summed E-state index contributed by atoms with van der Waals surface area (Å²) in [6, 6.07) is 5.37. The van der Waals surface area contributed by atoms with E-state index in [4.69, 9.17) is 33.7 Å². The second-order valence-corrected chi connectivity index (χ2v) is 6.30. The Kier molecular flexibility index (Phi) is 7.77. The van der Waals surface area contributed by atoms with Crippen LogP contribution in [-0.2, 0) is 4.79 Å². The van der Waals surface area contributed by atoms with Crippen molar-refractivity contribution in [3.63, 3.8) is 0 Å². The fourth-order valence-electron chi connectivity index (χ4n) is 2.40. The van der Waals surface area contributed by atoms with E-state index in [0.29, 0.717) is 15.8 Å². The van der Waals surface area contributed by atoms with Crippen LogP contribution in [-0.4, -0.2) is 24.1 Å². The molecule has 124 valence electrons. The molecule has 1 amide bonds. The first-order chi connectivity index (χ1) is 9.95. The molecule has 1 aliphatic rings. The van der Waals surface area contributed by atoms with Gasteiger partial charge in [0, 0.05) is 17.1 Å². The van der Waals surface area contributed by atoms with Gasteiger partial charge in [-0.05, 0) is 50.8 Å². The molecular weight excluding hydrogens is 347 g/mol. The lowest BCUT2D eigenvalue weighted by Gasteiger charge is -2.28. The molecule has 0 spiro atoms.